The van der Waals surface area contributed by atoms with Gasteiger partial charge in [-0.05, 0) is 49.2 Å². The quantitative estimate of drug-likeness (QED) is 0.166. The van der Waals surface area contributed by atoms with Gasteiger partial charge in [0.15, 0.2) is 0 Å². The number of carbonyl (C=O) groups excluding carboxylic acids is 2. The van der Waals surface area contributed by atoms with E-state index in [0.717, 1.165) is 30.4 Å². The molecule has 1 amide bonds. The highest BCUT2D eigenvalue weighted by Crippen LogP contribution is 2.33. The highest BCUT2D eigenvalue weighted by atomic mass is 32.2. The molecule has 1 heterocycles. The molecule has 0 bridgehead atoms. The first-order valence-corrected chi connectivity index (χ1v) is 11.3. The summed E-state index contributed by atoms with van der Waals surface area (Å²) in [4.78, 5) is 27.2. The monoisotopic (exact) mass is 439 g/mol. The van der Waals surface area contributed by atoms with Crippen LogP contribution in [0.3, 0.4) is 0 Å². The average molecular weight is 440 g/mol. The minimum absolute atomic E-state index is 0.0311. The van der Waals surface area contributed by atoms with Crippen molar-refractivity contribution < 1.29 is 14.3 Å². The summed E-state index contributed by atoms with van der Waals surface area (Å²) < 4.78 is 6.04. The summed E-state index contributed by atoms with van der Waals surface area (Å²) in [6.45, 7) is 4.81. The molecule has 1 fully saturated rings. The number of rotatable bonds is 8. The lowest BCUT2D eigenvalue weighted by Crippen LogP contribution is -2.28. The van der Waals surface area contributed by atoms with Gasteiger partial charge in [0, 0.05) is 6.54 Å². The molecule has 6 heteroatoms. The lowest BCUT2D eigenvalue weighted by atomic mass is 10.1. The summed E-state index contributed by atoms with van der Waals surface area (Å²) in [5, 5.41) is 0. The van der Waals surface area contributed by atoms with Gasteiger partial charge in [-0.15, -0.1) is 0 Å². The van der Waals surface area contributed by atoms with Crippen molar-refractivity contribution in [3.63, 3.8) is 0 Å². The Kier molecular flexibility index (Phi) is 7.82. The van der Waals surface area contributed by atoms with Gasteiger partial charge in [0.1, 0.15) is 10.1 Å². The van der Waals surface area contributed by atoms with E-state index in [4.69, 9.17) is 17.0 Å². The number of unbranched alkanes of at least 4 members (excludes halogenated alkanes) is 3. The molecule has 30 heavy (non-hydrogen) atoms. The SMILES string of the molecule is CCCCCCN1C(=O)/C(=C\c2ccc(OC(=O)c3ccc(C)cc3)cc2)SC1=S. The first-order valence-electron chi connectivity index (χ1n) is 10.1. The van der Waals surface area contributed by atoms with Crippen molar-refractivity contribution in [2.24, 2.45) is 0 Å². The predicted molar refractivity (Wildman–Crippen MR) is 127 cm³/mol. The number of thiocarbonyl (C=S) groups is 1. The zero-order valence-electron chi connectivity index (χ0n) is 17.2. The number of hydrogen-bond acceptors (Lipinski definition) is 5. The van der Waals surface area contributed by atoms with Crippen molar-refractivity contribution in [1.82, 2.24) is 4.90 Å². The summed E-state index contributed by atoms with van der Waals surface area (Å²) in [6, 6.07) is 14.3. The number of ether oxygens (including phenoxy) is 1. The topological polar surface area (TPSA) is 46.6 Å². The van der Waals surface area contributed by atoms with Gasteiger partial charge in [-0.3, -0.25) is 9.69 Å². The van der Waals surface area contributed by atoms with Crippen LogP contribution >= 0.6 is 24.0 Å². The molecular weight excluding hydrogens is 414 g/mol. The van der Waals surface area contributed by atoms with Gasteiger partial charge < -0.3 is 4.74 Å². The summed E-state index contributed by atoms with van der Waals surface area (Å²) in [5.74, 6) is 0.0317. The van der Waals surface area contributed by atoms with Crippen LogP contribution in [0.4, 0.5) is 0 Å². The van der Waals surface area contributed by atoms with Crippen molar-refractivity contribution in [1.29, 1.82) is 0 Å². The Balaban J connectivity index is 1.61. The second-order valence-corrected chi connectivity index (χ2v) is 8.89. The van der Waals surface area contributed by atoms with E-state index in [0.29, 0.717) is 27.1 Å². The summed E-state index contributed by atoms with van der Waals surface area (Å²) in [5.41, 5.74) is 2.45. The van der Waals surface area contributed by atoms with Crippen LogP contribution in [0.5, 0.6) is 5.75 Å². The molecule has 0 saturated carbocycles. The minimum atomic E-state index is -0.397. The Bertz CT molecular complexity index is 949. The fourth-order valence-electron chi connectivity index (χ4n) is 3.03. The van der Waals surface area contributed by atoms with E-state index in [9.17, 15) is 9.59 Å². The number of benzene rings is 2. The molecule has 0 unspecified atom stereocenters. The van der Waals surface area contributed by atoms with Gasteiger partial charge >= 0.3 is 5.97 Å². The third-order valence-electron chi connectivity index (χ3n) is 4.78. The molecule has 0 spiro atoms. The Hall–Kier alpha value is -2.44. The Morgan fingerprint density at radius 3 is 2.43 bits per heavy atom. The molecule has 1 saturated heterocycles. The highest BCUT2D eigenvalue weighted by Gasteiger charge is 2.31. The number of thioether (sulfide) groups is 1. The van der Waals surface area contributed by atoms with Crippen molar-refractivity contribution >= 4 is 46.3 Å². The smallest absolute Gasteiger partial charge is 0.343 e. The first kappa shape index (κ1) is 22.2. The fraction of sp³-hybridized carbons (Fsp3) is 0.292. The van der Waals surface area contributed by atoms with Crippen LogP contribution in [0.1, 0.15) is 54.1 Å². The van der Waals surface area contributed by atoms with Gasteiger partial charge in [-0.2, -0.15) is 0 Å². The number of carbonyl (C=O) groups is 2. The van der Waals surface area contributed by atoms with E-state index in [-0.39, 0.29) is 5.91 Å². The van der Waals surface area contributed by atoms with Gasteiger partial charge in [0.05, 0.1) is 10.5 Å². The molecular formula is C24H25NO3S2. The second-order valence-electron chi connectivity index (χ2n) is 7.22. The zero-order chi connectivity index (χ0) is 21.5. The van der Waals surface area contributed by atoms with Crippen molar-refractivity contribution in [2.45, 2.75) is 39.5 Å². The van der Waals surface area contributed by atoms with Crippen LogP contribution in [0, 0.1) is 6.92 Å². The van der Waals surface area contributed by atoms with Gasteiger partial charge in [0.25, 0.3) is 5.91 Å². The van der Waals surface area contributed by atoms with E-state index in [2.05, 4.69) is 6.92 Å². The number of amides is 1. The van der Waals surface area contributed by atoms with Crippen LogP contribution in [-0.4, -0.2) is 27.6 Å². The lowest BCUT2D eigenvalue weighted by molar-refractivity contribution is -0.122. The molecule has 2 aromatic rings. The molecule has 0 aliphatic carbocycles. The zero-order valence-corrected chi connectivity index (χ0v) is 18.9. The maximum absolute atomic E-state index is 12.7. The predicted octanol–water partition coefficient (Wildman–Crippen LogP) is 6.00. The van der Waals surface area contributed by atoms with Gasteiger partial charge in [-0.25, -0.2) is 4.79 Å². The fourth-order valence-corrected chi connectivity index (χ4v) is 4.34. The van der Waals surface area contributed by atoms with E-state index in [1.807, 2.05) is 37.3 Å². The van der Waals surface area contributed by atoms with E-state index in [1.54, 1.807) is 29.2 Å². The van der Waals surface area contributed by atoms with E-state index < -0.39 is 5.97 Å². The molecule has 0 atom stereocenters. The third-order valence-corrected chi connectivity index (χ3v) is 6.16. The standard InChI is InChI=1S/C24H25NO3S2/c1-3-4-5-6-15-25-22(26)21(30-24(25)29)16-18-9-13-20(14-10-18)28-23(27)19-11-7-17(2)8-12-19/h7-14,16H,3-6,15H2,1-2H3/b21-16+. The van der Waals surface area contributed by atoms with Gasteiger partial charge in [0.2, 0.25) is 0 Å². The number of esters is 1. The molecule has 0 aromatic heterocycles. The van der Waals surface area contributed by atoms with Crippen LogP contribution < -0.4 is 4.74 Å². The third kappa shape index (κ3) is 5.80. The lowest BCUT2D eigenvalue weighted by Gasteiger charge is -2.13. The number of hydrogen-bond donors (Lipinski definition) is 0. The molecule has 0 N–H and O–H groups in total. The Morgan fingerprint density at radius 2 is 1.77 bits per heavy atom. The van der Waals surface area contributed by atoms with Crippen LogP contribution in [0.15, 0.2) is 53.4 Å². The molecule has 156 valence electrons. The first-order chi connectivity index (χ1) is 14.5. The largest absolute Gasteiger partial charge is 0.423 e. The molecule has 4 nitrogen and oxygen atoms in total. The Labute approximate surface area is 187 Å². The second kappa shape index (κ2) is 10.5. The maximum atomic E-state index is 12.7. The normalized spacial score (nSPS) is 15.1. The van der Waals surface area contributed by atoms with Crippen LogP contribution in [0.25, 0.3) is 6.08 Å². The molecule has 1 aliphatic heterocycles. The number of aryl methyl sites for hydroxylation is 1. The number of nitrogens with zero attached hydrogens (tertiary/aromatic N) is 1. The van der Waals surface area contributed by atoms with Crippen molar-refractivity contribution in [2.75, 3.05) is 6.54 Å². The van der Waals surface area contributed by atoms with Crippen LogP contribution in [0.2, 0.25) is 0 Å². The van der Waals surface area contributed by atoms with E-state index in [1.165, 1.54) is 18.2 Å². The van der Waals surface area contributed by atoms with E-state index >= 15 is 0 Å². The summed E-state index contributed by atoms with van der Waals surface area (Å²) in [6.07, 6.45) is 6.24. The molecule has 3 rings (SSSR count). The van der Waals surface area contributed by atoms with Crippen molar-refractivity contribution in [3.8, 4) is 5.75 Å². The maximum Gasteiger partial charge on any atom is 0.343 e. The average Bonchev–Trinajstić information content (AvgIpc) is 3.00. The van der Waals surface area contributed by atoms with Crippen LogP contribution in [-0.2, 0) is 4.79 Å². The summed E-state index contributed by atoms with van der Waals surface area (Å²) in [7, 11) is 0. The van der Waals surface area contributed by atoms with Gasteiger partial charge in [-0.1, -0.05) is 80.0 Å². The van der Waals surface area contributed by atoms with Crippen molar-refractivity contribution in [3.05, 3.63) is 70.1 Å². The Morgan fingerprint density at radius 1 is 1.07 bits per heavy atom. The minimum Gasteiger partial charge on any atom is -0.423 e. The molecule has 1 aliphatic rings. The molecule has 2 aromatic carbocycles. The molecule has 0 radical (unpaired) electrons. The highest BCUT2D eigenvalue weighted by molar-refractivity contribution is 8.26. The summed E-state index contributed by atoms with van der Waals surface area (Å²) >= 11 is 6.72.